The maximum atomic E-state index is 13.8. The Morgan fingerprint density at radius 2 is 2.03 bits per heavy atom. The number of nitrogens with zero attached hydrogens (tertiary/aromatic N) is 2. The van der Waals surface area contributed by atoms with Gasteiger partial charge in [0.2, 0.25) is 11.8 Å². The summed E-state index contributed by atoms with van der Waals surface area (Å²) in [5.74, 6) is -0.420. The molecule has 0 bridgehead atoms. The van der Waals surface area contributed by atoms with Gasteiger partial charge >= 0.3 is 6.09 Å². The number of H-pyrrole nitrogens is 1. The fourth-order valence-electron chi connectivity index (χ4n) is 4.27. The number of rotatable bonds is 10. The van der Waals surface area contributed by atoms with Crippen molar-refractivity contribution >= 4 is 29.8 Å². The minimum Gasteiger partial charge on any atom is -0.444 e. The largest absolute Gasteiger partial charge is 0.444 e. The molecule has 0 radical (unpaired) electrons. The Hall–Kier alpha value is -3.31. The molecule has 11 heteroatoms. The number of nitrogens with two attached hydrogens (primary N) is 1. The van der Waals surface area contributed by atoms with Crippen LogP contribution in [0.25, 0.3) is 6.08 Å². The number of likely N-dealkylation sites (N-methyl/N-ethyl adjacent to an activating group) is 1. The van der Waals surface area contributed by atoms with Gasteiger partial charge < -0.3 is 35.5 Å². The number of ether oxygens (including phenoxy) is 2. The van der Waals surface area contributed by atoms with Gasteiger partial charge in [0.15, 0.2) is 0 Å². The lowest BCUT2D eigenvalue weighted by atomic mass is 10.0. The molecule has 1 aromatic heterocycles. The van der Waals surface area contributed by atoms with Crippen LogP contribution >= 0.6 is 0 Å². The Morgan fingerprint density at radius 3 is 2.61 bits per heavy atom. The number of amides is 3. The molecule has 0 saturated carbocycles. The van der Waals surface area contributed by atoms with Gasteiger partial charge in [-0.25, -0.2) is 4.79 Å². The van der Waals surface area contributed by atoms with Crippen LogP contribution in [0.15, 0.2) is 24.9 Å². The van der Waals surface area contributed by atoms with E-state index < -0.39 is 41.9 Å². The van der Waals surface area contributed by atoms with Gasteiger partial charge in [-0.3, -0.25) is 14.5 Å². The number of carbonyl (C=O) groups excluding carboxylic acids is 3. The quantitative estimate of drug-likeness (QED) is 0.336. The Morgan fingerprint density at radius 1 is 1.37 bits per heavy atom. The Labute approximate surface area is 225 Å². The molecule has 11 nitrogen and oxygen atoms in total. The van der Waals surface area contributed by atoms with Crippen molar-refractivity contribution in [2.45, 2.75) is 83.4 Å². The summed E-state index contributed by atoms with van der Waals surface area (Å²) in [5.41, 5.74) is 7.05. The fraction of sp³-hybridized carbons (Fsp3) is 0.593. The van der Waals surface area contributed by atoms with E-state index in [2.05, 4.69) is 16.9 Å². The second-order valence-corrected chi connectivity index (χ2v) is 10.7. The number of aromatic amines is 1. The molecule has 2 heterocycles. The lowest BCUT2D eigenvalue weighted by Gasteiger charge is -2.33. The highest BCUT2D eigenvalue weighted by molar-refractivity contribution is 5.91. The second-order valence-electron chi connectivity index (χ2n) is 10.7. The molecule has 1 fully saturated rings. The van der Waals surface area contributed by atoms with E-state index >= 15 is 0 Å². The zero-order chi connectivity index (χ0) is 28.8. The van der Waals surface area contributed by atoms with Gasteiger partial charge in [0.05, 0.1) is 12.2 Å². The number of carbonyl (C=O) groups is 3. The first-order valence-electron chi connectivity index (χ1n) is 12.7. The van der Waals surface area contributed by atoms with Crippen LogP contribution in [0.1, 0.15) is 52.2 Å². The molecular formula is C27H43N5O6. The number of hydrogen-bond donors (Lipinski definition) is 4. The van der Waals surface area contributed by atoms with Crippen LogP contribution in [0.4, 0.5) is 10.6 Å². The maximum absolute atomic E-state index is 13.8. The Kier molecular flexibility index (Phi) is 10.5. The van der Waals surface area contributed by atoms with Gasteiger partial charge in [-0.1, -0.05) is 24.8 Å². The summed E-state index contributed by atoms with van der Waals surface area (Å²) in [5, 5.41) is 13.2. The number of aliphatic hydroxyl groups excluding tert-OH is 1. The van der Waals surface area contributed by atoms with E-state index in [1.54, 1.807) is 57.9 Å². The third-order valence-corrected chi connectivity index (χ3v) is 6.61. The highest BCUT2D eigenvalue weighted by Crippen LogP contribution is 2.27. The average molecular weight is 534 g/mol. The second kappa shape index (κ2) is 13.0. The number of aromatic nitrogens is 1. The fourth-order valence-corrected chi connectivity index (χ4v) is 4.27. The van der Waals surface area contributed by atoms with Gasteiger partial charge in [-0.2, -0.15) is 0 Å². The molecular weight excluding hydrogens is 490 g/mol. The number of nitrogens with one attached hydrogen (secondary N) is 2. The molecule has 5 N–H and O–H groups in total. The first-order valence-corrected chi connectivity index (χ1v) is 12.7. The van der Waals surface area contributed by atoms with E-state index in [4.69, 9.17) is 15.2 Å². The normalized spacial score (nSPS) is 20.2. The van der Waals surface area contributed by atoms with E-state index in [-0.39, 0.29) is 18.5 Å². The number of nitrogen functional groups attached to an aromatic ring is 1. The number of methoxy groups -OCH3 is 1. The molecule has 0 spiro atoms. The van der Waals surface area contributed by atoms with Crippen LogP contribution in [0, 0.1) is 0 Å². The number of anilines is 1. The van der Waals surface area contributed by atoms with Gasteiger partial charge in [-0.05, 0) is 53.0 Å². The third-order valence-electron chi connectivity index (χ3n) is 6.61. The van der Waals surface area contributed by atoms with Gasteiger partial charge in [0.25, 0.3) is 0 Å². The summed E-state index contributed by atoms with van der Waals surface area (Å²) in [6.45, 7) is 12.2. The monoisotopic (exact) mass is 533 g/mol. The Bertz CT molecular complexity index is 1030. The summed E-state index contributed by atoms with van der Waals surface area (Å²) in [6, 6.07) is -2.27. The SMILES string of the molecule is C=C/C=C\c1c(C[C@@H]2C[C@H](O)CN2C(=O)[C@@H](NC(=O)[C@H](C)N(C)C(=O)OC(C)(C)C)[C@@H](C)OC)c[nH]c1N. The van der Waals surface area contributed by atoms with Crippen LogP contribution in [-0.2, 0) is 25.5 Å². The first kappa shape index (κ1) is 30.9. The maximum Gasteiger partial charge on any atom is 0.410 e. The lowest BCUT2D eigenvalue weighted by Crippen LogP contribution is -2.58. The van der Waals surface area contributed by atoms with Crippen molar-refractivity contribution < 1.29 is 29.0 Å². The van der Waals surface area contributed by atoms with Crippen LogP contribution in [0.3, 0.4) is 0 Å². The standard InChI is InChI=1S/C27H43N5O6/c1-9-10-11-21-18(14-29-23(21)28)12-19-13-20(33)15-32(19)25(35)22(17(3)37-8)30-24(34)16(2)31(7)26(36)38-27(4,5)6/h9-11,14,16-17,19-20,22,29,33H,1,12-13,15,28H2,2-8H3,(H,30,34)/b11-10-/t16-,17+,19+,20-,22-/m0/s1. The first-order chi connectivity index (χ1) is 17.7. The molecule has 5 atom stereocenters. The molecule has 1 aliphatic heterocycles. The van der Waals surface area contributed by atoms with Crippen molar-refractivity contribution in [3.8, 4) is 0 Å². The smallest absolute Gasteiger partial charge is 0.410 e. The minimum atomic E-state index is -1.04. The zero-order valence-corrected chi connectivity index (χ0v) is 23.5. The lowest BCUT2D eigenvalue weighted by molar-refractivity contribution is -0.142. The minimum absolute atomic E-state index is 0.122. The summed E-state index contributed by atoms with van der Waals surface area (Å²) in [4.78, 5) is 45.1. The number of likely N-dealkylation sites (tertiary alicyclic amines) is 1. The van der Waals surface area contributed by atoms with Crippen molar-refractivity contribution in [1.82, 2.24) is 20.1 Å². The van der Waals surface area contributed by atoms with E-state index in [0.29, 0.717) is 18.7 Å². The summed E-state index contributed by atoms with van der Waals surface area (Å²) in [7, 11) is 2.91. The molecule has 1 saturated heterocycles. The highest BCUT2D eigenvalue weighted by Gasteiger charge is 2.41. The molecule has 38 heavy (non-hydrogen) atoms. The number of aliphatic hydroxyl groups is 1. The number of hydrogen-bond acceptors (Lipinski definition) is 7. The van der Waals surface area contributed by atoms with Crippen molar-refractivity contribution in [2.24, 2.45) is 0 Å². The Balaban J connectivity index is 2.23. The molecule has 2 rings (SSSR count). The van der Waals surface area contributed by atoms with E-state index in [1.165, 1.54) is 19.1 Å². The van der Waals surface area contributed by atoms with Crippen LogP contribution in [0.5, 0.6) is 0 Å². The van der Waals surface area contributed by atoms with Crippen molar-refractivity contribution in [2.75, 3.05) is 26.4 Å². The predicted molar refractivity (Wildman–Crippen MR) is 146 cm³/mol. The summed E-state index contributed by atoms with van der Waals surface area (Å²) < 4.78 is 10.8. The van der Waals surface area contributed by atoms with Crippen molar-refractivity contribution in [3.05, 3.63) is 36.1 Å². The molecule has 1 aliphatic rings. The molecule has 0 aromatic carbocycles. The van der Waals surface area contributed by atoms with Crippen LogP contribution in [-0.4, -0.2) is 94.4 Å². The van der Waals surface area contributed by atoms with Gasteiger partial charge in [-0.15, -0.1) is 0 Å². The van der Waals surface area contributed by atoms with E-state index in [0.717, 1.165) is 11.1 Å². The van der Waals surface area contributed by atoms with Crippen LogP contribution in [0.2, 0.25) is 0 Å². The molecule has 0 unspecified atom stereocenters. The predicted octanol–water partition coefficient (Wildman–Crippen LogP) is 2.08. The van der Waals surface area contributed by atoms with Gasteiger partial charge in [0, 0.05) is 38.5 Å². The van der Waals surface area contributed by atoms with Crippen molar-refractivity contribution in [3.63, 3.8) is 0 Å². The summed E-state index contributed by atoms with van der Waals surface area (Å²) >= 11 is 0. The third kappa shape index (κ3) is 7.84. The number of β-amino-alcohol motifs (C(OH)–C–C–N with tert-alkyl or cyclic N) is 1. The van der Waals surface area contributed by atoms with E-state index in [1.807, 2.05) is 6.08 Å². The molecule has 1 aromatic rings. The van der Waals surface area contributed by atoms with Crippen LogP contribution < -0.4 is 11.1 Å². The molecule has 212 valence electrons. The van der Waals surface area contributed by atoms with Crippen molar-refractivity contribution in [1.29, 1.82) is 0 Å². The highest BCUT2D eigenvalue weighted by atomic mass is 16.6. The molecule has 3 amide bonds. The topological polar surface area (TPSA) is 150 Å². The zero-order valence-electron chi connectivity index (χ0n) is 23.5. The van der Waals surface area contributed by atoms with Gasteiger partial charge in [0.1, 0.15) is 23.5 Å². The van der Waals surface area contributed by atoms with E-state index in [9.17, 15) is 19.5 Å². The summed E-state index contributed by atoms with van der Waals surface area (Å²) in [6.07, 6.45) is 5.84. The average Bonchev–Trinajstić information content (AvgIpc) is 3.39. The molecule has 0 aliphatic carbocycles. The number of allylic oxidation sites excluding steroid dienone is 2.